The van der Waals surface area contributed by atoms with Crippen LogP contribution in [0.2, 0.25) is 0 Å². The second-order valence-electron chi connectivity index (χ2n) is 7.14. The van der Waals surface area contributed by atoms with Crippen LogP contribution in [0.4, 0.5) is 0 Å². The fraction of sp³-hybridized carbons (Fsp3) is 0.375. The van der Waals surface area contributed by atoms with Crippen LogP contribution in [0, 0.1) is 5.92 Å². The number of ether oxygens (including phenoxy) is 4. The van der Waals surface area contributed by atoms with Gasteiger partial charge in [-0.25, -0.2) is 4.79 Å². The molecule has 8 heteroatoms. The summed E-state index contributed by atoms with van der Waals surface area (Å²) in [7, 11) is 2.25. The molecule has 0 radical (unpaired) electrons. The van der Waals surface area contributed by atoms with Crippen LogP contribution in [-0.4, -0.2) is 49.4 Å². The van der Waals surface area contributed by atoms with E-state index in [-0.39, 0.29) is 26.2 Å². The van der Waals surface area contributed by atoms with Crippen LogP contribution in [0.15, 0.2) is 60.7 Å². The highest BCUT2D eigenvalue weighted by molar-refractivity contribution is 5.91. The second-order valence-corrected chi connectivity index (χ2v) is 7.14. The summed E-state index contributed by atoms with van der Waals surface area (Å²) in [5, 5.41) is 11.2. The lowest BCUT2D eigenvalue weighted by Gasteiger charge is -2.31. The van der Waals surface area contributed by atoms with Gasteiger partial charge in [0.25, 0.3) is 0 Å². The molecule has 0 spiro atoms. The van der Waals surface area contributed by atoms with E-state index in [1.165, 1.54) is 0 Å². The molecule has 0 aliphatic rings. The topological polar surface area (TPSA) is 108 Å². The van der Waals surface area contributed by atoms with E-state index < -0.39 is 35.8 Å². The van der Waals surface area contributed by atoms with E-state index in [0.717, 1.165) is 19.8 Å². The van der Waals surface area contributed by atoms with Crippen molar-refractivity contribution in [2.24, 2.45) is 5.92 Å². The van der Waals surface area contributed by atoms with Gasteiger partial charge in [0.1, 0.15) is 6.61 Å². The summed E-state index contributed by atoms with van der Waals surface area (Å²) in [6, 6.07) is 18.2. The van der Waals surface area contributed by atoms with Crippen LogP contribution in [0.5, 0.6) is 0 Å². The number of benzene rings is 2. The van der Waals surface area contributed by atoms with Crippen molar-refractivity contribution in [2.75, 3.05) is 20.8 Å². The van der Waals surface area contributed by atoms with Crippen molar-refractivity contribution >= 4 is 17.9 Å². The predicted octanol–water partition coefficient (Wildman–Crippen LogP) is 2.42. The molecule has 0 amide bonds. The van der Waals surface area contributed by atoms with Gasteiger partial charge in [-0.2, -0.15) is 0 Å². The first kappa shape index (κ1) is 25.0. The molecule has 8 nitrogen and oxygen atoms in total. The first-order chi connectivity index (χ1) is 15.4. The molecule has 0 aliphatic heterocycles. The number of hydrogen-bond acceptors (Lipinski definition) is 8. The second kappa shape index (κ2) is 12.6. The predicted molar refractivity (Wildman–Crippen MR) is 114 cm³/mol. The van der Waals surface area contributed by atoms with E-state index in [2.05, 4.69) is 4.74 Å². The monoisotopic (exact) mass is 444 g/mol. The maximum absolute atomic E-state index is 12.9. The van der Waals surface area contributed by atoms with Gasteiger partial charge in [0, 0.05) is 6.61 Å². The molecular weight excluding hydrogens is 416 g/mol. The lowest BCUT2D eigenvalue weighted by Crippen LogP contribution is -2.52. The fourth-order valence-corrected chi connectivity index (χ4v) is 3.14. The number of carbonyl (C=O) groups excluding carboxylic acids is 3. The molecule has 0 aromatic heterocycles. The third-order valence-electron chi connectivity index (χ3n) is 4.93. The minimum Gasteiger partial charge on any atom is -0.469 e. The lowest BCUT2D eigenvalue weighted by atomic mass is 9.82. The van der Waals surface area contributed by atoms with Crippen molar-refractivity contribution in [2.45, 2.75) is 31.7 Å². The summed E-state index contributed by atoms with van der Waals surface area (Å²) in [6.07, 6.45) is -0.844. The maximum atomic E-state index is 12.9. The zero-order valence-corrected chi connectivity index (χ0v) is 18.2. The smallest absolute Gasteiger partial charge is 0.339 e. The Morgan fingerprint density at radius 3 is 1.97 bits per heavy atom. The Hall–Kier alpha value is -3.23. The van der Waals surface area contributed by atoms with E-state index in [4.69, 9.17) is 14.2 Å². The first-order valence-corrected chi connectivity index (χ1v) is 10.1. The summed E-state index contributed by atoms with van der Waals surface area (Å²) >= 11 is 0. The number of esters is 3. The standard InChI is InChI=1S/C24H28O8/c1-29-21(25)15-24(28,23(27)32-17-19-11-7-4-8-12-19)20(22(26)30-2)13-14-31-16-18-9-5-3-6-10-18/h3-12,20,28H,13-17H2,1-2H3/t20-,24+/m0/s1. The molecule has 0 saturated heterocycles. The van der Waals surface area contributed by atoms with Gasteiger partial charge >= 0.3 is 17.9 Å². The third-order valence-corrected chi connectivity index (χ3v) is 4.93. The average Bonchev–Trinajstić information content (AvgIpc) is 2.83. The van der Waals surface area contributed by atoms with Gasteiger partial charge in [-0.05, 0) is 17.5 Å². The number of methoxy groups -OCH3 is 2. The van der Waals surface area contributed by atoms with Crippen LogP contribution >= 0.6 is 0 Å². The van der Waals surface area contributed by atoms with Gasteiger partial charge in [-0.3, -0.25) is 9.59 Å². The molecule has 2 atom stereocenters. The van der Waals surface area contributed by atoms with E-state index >= 15 is 0 Å². The molecule has 2 aromatic carbocycles. The summed E-state index contributed by atoms with van der Waals surface area (Å²) in [4.78, 5) is 37.3. The number of hydrogen-bond donors (Lipinski definition) is 1. The van der Waals surface area contributed by atoms with E-state index in [9.17, 15) is 19.5 Å². The summed E-state index contributed by atoms with van der Waals surface area (Å²) in [5.74, 6) is -4.25. The van der Waals surface area contributed by atoms with Crippen LogP contribution in [-0.2, 0) is 46.5 Å². The maximum Gasteiger partial charge on any atom is 0.339 e. The van der Waals surface area contributed by atoms with E-state index in [0.29, 0.717) is 5.56 Å². The quantitative estimate of drug-likeness (QED) is 0.302. The molecule has 0 unspecified atom stereocenters. The number of rotatable bonds is 12. The first-order valence-electron chi connectivity index (χ1n) is 10.1. The molecule has 2 rings (SSSR count). The Kier molecular flexibility index (Phi) is 9.84. The highest BCUT2D eigenvalue weighted by Gasteiger charge is 2.51. The largest absolute Gasteiger partial charge is 0.469 e. The van der Waals surface area contributed by atoms with E-state index in [1.54, 1.807) is 24.3 Å². The van der Waals surface area contributed by atoms with Crippen LogP contribution < -0.4 is 0 Å². The zero-order valence-electron chi connectivity index (χ0n) is 18.2. The summed E-state index contributed by atoms with van der Waals surface area (Å²) < 4.78 is 20.2. The molecule has 32 heavy (non-hydrogen) atoms. The van der Waals surface area contributed by atoms with Crippen LogP contribution in [0.3, 0.4) is 0 Å². The molecule has 1 N–H and O–H groups in total. The van der Waals surface area contributed by atoms with Gasteiger partial charge in [0.05, 0.1) is 33.2 Å². The highest BCUT2D eigenvalue weighted by atomic mass is 16.6. The average molecular weight is 444 g/mol. The van der Waals surface area contributed by atoms with Gasteiger partial charge in [-0.15, -0.1) is 0 Å². The molecule has 0 bridgehead atoms. The van der Waals surface area contributed by atoms with Crippen molar-refractivity contribution in [3.8, 4) is 0 Å². The van der Waals surface area contributed by atoms with Crippen molar-refractivity contribution in [3.63, 3.8) is 0 Å². The molecule has 0 saturated carbocycles. The normalized spacial score (nSPS) is 13.5. The molecule has 0 heterocycles. The van der Waals surface area contributed by atoms with Crippen molar-refractivity contribution in [1.29, 1.82) is 0 Å². The van der Waals surface area contributed by atoms with Crippen molar-refractivity contribution in [1.82, 2.24) is 0 Å². The van der Waals surface area contributed by atoms with Gasteiger partial charge < -0.3 is 24.1 Å². The molecule has 0 aliphatic carbocycles. The van der Waals surface area contributed by atoms with Crippen molar-refractivity contribution < 1.29 is 38.4 Å². The van der Waals surface area contributed by atoms with Gasteiger partial charge in [0.2, 0.25) is 0 Å². The Morgan fingerprint density at radius 1 is 0.875 bits per heavy atom. The lowest BCUT2D eigenvalue weighted by molar-refractivity contribution is -0.187. The number of aliphatic hydroxyl groups is 1. The highest BCUT2D eigenvalue weighted by Crippen LogP contribution is 2.29. The van der Waals surface area contributed by atoms with Gasteiger partial charge in [0.15, 0.2) is 5.60 Å². The fourth-order valence-electron chi connectivity index (χ4n) is 3.14. The van der Waals surface area contributed by atoms with E-state index in [1.807, 2.05) is 36.4 Å². The molecule has 2 aromatic rings. The SMILES string of the molecule is COC(=O)C[C@](O)(C(=O)OCc1ccccc1)[C@@H](CCOCc1ccccc1)C(=O)OC. The third kappa shape index (κ3) is 7.18. The Bertz CT molecular complexity index is 868. The van der Waals surface area contributed by atoms with Gasteiger partial charge in [-0.1, -0.05) is 60.7 Å². The minimum absolute atomic E-state index is 0.0319. The van der Waals surface area contributed by atoms with Crippen molar-refractivity contribution in [3.05, 3.63) is 71.8 Å². The Labute approximate surface area is 187 Å². The molecule has 172 valence electrons. The molecular formula is C24H28O8. The zero-order chi connectivity index (χ0) is 23.4. The Balaban J connectivity index is 2.13. The number of carbonyl (C=O) groups is 3. The summed E-state index contributed by atoms with van der Waals surface area (Å²) in [5.41, 5.74) is -0.873. The Morgan fingerprint density at radius 2 is 1.44 bits per heavy atom. The minimum atomic E-state index is -2.48. The molecule has 0 fully saturated rings. The van der Waals surface area contributed by atoms with Crippen LogP contribution in [0.25, 0.3) is 0 Å². The van der Waals surface area contributed by atoms with Crippen LogP contribution in [0.1, 0.15) is 24.0 Å². The summed E-state index contributed by atoms with van der Waals surface area (Å²) in [6.45, 7) is 0.175.